The molecule has 4 heterocycles. The Morgan fingerprint density at radius 2 is 0.656 bits per heavy atom. The van der Waals surface area contributed by atoms with Gasteiger partial charge in [0, 0.05) is 31.9 Å². The van der Waals surface area contributed by atoms with Crippen molar-refractivity contribution in [3.63, 3.8) is 0 Å². The third-order valence-electron chi connectivity index (χ3n) is 18.2. The molecular weight excluding hydrogens is 1630 g/mol. The van der Waals surface area contributed by atoms with Crippen LogP contribution in [0.1, 0.15) is 208 Å². The van der Waals surface area contributed by atoms with Gasteiger partial charge < -0.3 is 52.1 Å². The standard InChI is InChI=1S/C24H29N3O5S.C24H29N3O4.C24H27N3O4.C23H29N3O3S/c1-7-27-20(12-16(2)26-27)22(31-15-32-23(29)33-14-21(28)30-6)19(13-25)17-8-10-18(11-9-17)24(3,4)5;2*1-7-13-29-23(28)31-16-30-22(21-14-17(3)26-27(21)8-2)20(15-25)18-9-11-19(12-10-18)24(4,5)6;1-7-26-20(13-16(3)25-26)21(28-15-29-22(27)30-8-2)19(14-24)17-9-11-18(12-10-17)23(4,5)6/h8-12H,7,14-15H2,1-6H3;7,9-12,14H,1,8,13,16H2,2-6H3;1,9-12,14H,8,13,16H2,2-6H3;9-13H,7-8,15H2,1-6H3/b22-19-;2*22-20-;21-19-. The van der Waals surface area contributed by atoms with E-state index in [1.165, 1.54) is 18.7 Å². The van der Waals surface area contributed by atoms with Gasteiger partial charge in [0.1, 0.15) is 81.7 Å². The summed E-state index contributed by atoms with van der Waals surface area (Å²) in [6, 6.07) is 47.4. The summed E-state index contributed by atoms with van der Waals surface area (Å²) in [6.07, 6.45) is 4.66. The Labute approximate surface area is 742 Å². The molecule has 0 atom stereocenters. The van der Waals surface area contributed by atoms with E-state index in [1.54, 1.807) is 18.7 Å². The minimum absolute atomic E-state index is 0.00797. The van der Waals surface area contributed by atoms with E-state index in [1.807, 2.05) is 184 Å². The lowest BCUT2D eigenvalue weighted by Crippen LogP contribution is -2.13. The van der Waals surface area contributed by atoms with Crippen molar-refractivity contribution in [1.29, 1.82) is 21.0 Å². The molecule has 0 aliphatic carbocycles. The first-order valence-electron chi connectivity index (χ1n) is 40.2. The molecule has 28 nitrogen and oxygen atoms in total. The number of benzene rings is 4. The Morgan fingerprint density at radius 1 is 0.400 bits per heavy atom. The number of methoxy groups -OCH3 is 1. The van der Waals surface area contributed by atoms with Gasteiger partial charge in [-0.25, -0.2) is 19.2 Å². The molecule has 0 bridgehead atoms. The van der Waals surface area contributed by atoms with E-state index in [2.05, 4.69) is 150 Å². The number of allylic oxidation sites excluding steroid dienone is 4. The second kappa shape index (κ2) is 49.2. The number of ether oxygens (including phenoxy) is 11. The Hall–Kier alpha value is -13.2. The molecule has 0 radical (unpaired) electrons. The third-order valence-corrected chi connectivity index (χ3v) is 19.5. The molecule has 0 saturated carbocycles. The van der Waals surface area contributed by atoms with Crippen LogP contribution in [0.25, 0.3) is 45.3 Å². The Balaban J connectivity index is 0.000000296. The summed E-state index contributed by atoms with van der Waals surface area (Å²) in [5, 5.41) is 56.6. The molecule has 8 rings (SSSR count). The summed E-state index contributed by atoms with van der Waals surface area (Å²) < 4.78 is 64.2. The van der Waals surface area contributed by atoms with E-state index >= 15 is 0 Å². The van der Waals surface area contributed by atoms with Crippen LogP contribution < -0.4 is 0 Å². The lowest BCUT2D eigenvalue weighted by molar-refractivity contribution is -0.137. The first-order valence-corrected chi connectivity index (χ1v) is 42.2. The first kappa shape index (κ1) is 102. The molecule has 4 aromatic carbocycles. The summed E-state index contributed by atoms with van der Waals surface area (Å²) >= 11 is 1.73. The van der Waals surface area contributed by atoms with Crippen LogP contribution in [-0.2, 0) is 105 Å². The number of aryl methyl sites for hydroxylation is 8. The van der Waals surface area contributed by atoms with E-state index < -0.39 is 49.3 Å². The maximum absolute atomic E-state index is 11.9. The minimum atomic E-state index is -0.953. The highest BCUT2D eigenvalue weighted by atomic mass is 32.2. The van der Waals surface area contributed by atoms with Crippen molar-refractivity contribution < 1.29 is 76.1 Å². The average Bonchev–Trinajstić information content (AvgIpc) is 1.73. The van der Waals surface area contributed by atoms with Crippen molar-refractivity contribution in [2.75, 3.05) is 59.0 Å². The van der Waals surface area contributed by atoms with Gasteiger partial charge in [-0.15, -0.1) is 6.42 Å². The number of terminal acetylenes is 1. The summed E-state index contributed by atoms with van der Waals surface area (Å²) in [5.74, 6) is 3.24. The van der Waals surface area contributed by atoms with Gasteiger partial charge in [-0.05, 0) is 169 Å². The molecule has 0 N–H and O–H groups in total. The molecule has 30 heteroatoms. The van der Waals surface area contributed by atoms with Gasteiger partial charge in [0.15, 0.2) is 29.6 Å². The number of nitrogens with zero attached hydrogens (tertiary/aromatic N) is 12. The van der Waals surface area contributed by atoms with E-state index in [4.69, 9.17) is 49.1 Å². The minimum Gasteiger partial charge on any atom is -0.468 e. The molecule has 0 aliphatic heterocycles. The average molecular weight is 1740 g/mol. The van der Waals surface area contributed by atoms with Crippen LogP contribution in [-0.4, -0.2) is 127 Å². The maximum atomic E-state index is 11.9. The van der Waals surface area contributed by atoms with Crippen molar-refractivity contribution in [2.45, 2.75) is 193 Å². The van der Waals surface area contributed by atoms with Gasteiger partial charge in [-0.1, -0.05) is 206 Å². The SMILES string of the molecule is C#CCOC(=O)OCO/C(=C(/C#N)c1ccc(C(C)(C)C)cc1)c1cc(C)nn1CC.C=CCOC(=O)OCO/C(=C(/C#N)c1ccc(C(C)(C)C)cc1)c1cc(C)nn1CC.CCSC(=O)OCO/C(=C(/C#N)c1ccc(C(C)(C)C)cc1)c1cc(C)nn1CC.CCn1nc(C)cc1/C(OCOC(=O)SCC(=O)OC)=C(\C#N)c1ccc(C(C)(C)C)cc1. The highest BCUT2D eigenvalue weighted by molar-refractivity contribution is 8.13. The number of carbonyl (C=O) groups excluding carboxylic acids is 5. The lowest BCUT2D eigenvalue weighted by Gasteiger charge is -2.19. The highest BCUT2D eigenvalue weighted by Crippen LogP contribution is 2.36. The molecule has 0 saturated heterocycles. The second-order valence-corrected chi connectivity index (χ2v) is 33.6. The highest BCUT2D eigenvalue weighted by Gasteiger charge is 2.27. The summed E-state index contributed by atoms with van der Waals surface area (Å²) in [5.41, 5.74) is 14.3. The number of aromatic nitrogens is 8. The molecule has 662 valence electrons. The lowest BCUT2D eigenvalue weighted by atomic mass is 9.86. The molecule has 0 unspecified atom stereocenters. The number of carbonyl (C=O) groups is 5. The van der Waals surface area contributed by atoms with Gasteiger partial charge in [0.05, 0.1) is 29.9 Å². The fraction of sp³-hybridized carbons (Fsp3) is 0.400. The zero-order chi connectivity index (χ0) is 92.9. The van der Waals surface area contributed by atoms with Crippen LogP contribution in [0.3, 0.4) is 0 Å². The maximum Gasteiger partial charge on any atom is 0.512 e. The fourth-order valence-electron chi connectivity index (χ4n) is 11.7. The quantitative estimate of drug-likeness (QED) is 0.00767. The zero-order valence-electron chi connectivity index (χ0n) is 75.6. The zero-order valence-corrected chi connectivity index (χ0v) is 77.2. The van der Waals surface area contributed by atoms with Crippen molar-refractivity contribution in [3.05, 3.63) is 224 Å². The summed E-state index contributed by atoms with van der Waals surface area (Å²) in [7, 11) is 1.24. The van der Waals surface area contributed by atoms with E-state index in [9.17, 15) is 45.0 Å². The van der Waals surface area contributed by atoms with Crippen LogP contribution >= 0.6 is 23.5 Å². The van der Waals surface area contributed by atoms with Gasteiger partial charge in [-0.3, -0.25) is 23.5 Å². The molecule has 0 spiro atoms. The molecular formula is C95H114N12O16S2. The van der Waals surface area contributed by atoms with Gasteiger partial charge in [-0.2, -0.15) is 41.4 Å². The fourth-order valence-corrected chi connectivity index (χ4v) is 12.6. The first-order chi connectivity index (χ1) is 59.2. The predicted molar refractivity (Wildman–Crippen MR) is 484 cm³/mol. The van der Waals surface area contributed by atoms with E-state index in [0.717, 1.165) is 56.8 Å². The molecule has 0 amide bonds. The number of esters is 1. The van der Waals surface area contributed by atoms with Gasteiger partial charge in [0.25, 0.3) is 0 Å². The Kier molecular flexibility index (Phi) is 40.3. The largest absolute Gasteiger partial charge is 0.512 e. The normalized spacial score (nSPS) is 11.9. The number of thioether (sulfide) groups is 2. The molecule has 8 aromatic rings. The second-order valence-electron chi connectivity index (χ2n) is 31.5. The molecule has 0 aliphatic rings. The predicted octanol–water partition coefficient (Wildman–Crippen LogP) is 20.6. The summed E-state index contributed by atoms with van der Waals surface area (Å²) in [6.45, 7) is 46.7. The van der Waals surface area contributed by atoms with Crippen LogP contribution in [0.2, 0.25) is 0 Å². The number of hydrogen-bond donors (Lipinski definition) is 0. The van der Waals surface area contributed by atoms with Gasteiger partial charge in [0.2, 0.25) is 27.2 Å². The van der Waals surface area contributed by atoms with Crippen LogP contribution in [0, 0.1) is 85.4 Å². The molecule has 4 aromatic heterocycles. The Morgan fingerprint density at radius 3 is 0.880 bits per heavy atom. The number of nitriles is 4. The Bertz CT molecular complexity index is 5350. The smallest absolute Gasteiger partial charge is 0.468 e. The van der Waals surface area contributed by atoms with E-state index in [-0.39, 0.29) is 64.7 Å². The van der Waals surface area contributed by atoms with Crippen molar-refractivity contribution >= 4 is 97.7 Å². The third kappa shape index (κ3) is 31.3. The number of rotatable bonds is 30. The number of hydrogen-bond acceptors (Lipinski definition) is 26. The molecule has 125 heavy (non-hydrogen) atoms. The van der Waals surface area contributed by atoms with Crippen molar-refractivity contribution in [1.82, 2.24) is 39.1 Å². The van der Waals surface area contributed by atoms with Crippen molar-refractivity contribution in [2.24, 2.45) is 0 Å². The van der Waals surface area contributed by atoms with Crippen LogP contribution in [0.5, 0.6) is 0 Å². The van der Waals surface area contributed by atoms with Crippen LogP contribution in [0.15, 0.2) is 134 Å². The van der Waals surface area contributed by atoms with Gasteiger partial charge >= 0.3 is 28.9 Å². The summed E-state index contributed by atoms with van der Waals surface area (Å²) in [4.78, 5) is 58.0. The van der Waals surface area contributed by atoms with Crippen molar-refractivity contribution in [3.8, 4) is 36.6 Å². The van der Waals surface area contributed by atoms with E-state index in [0.29, 0.717) is 111 Å². The molecule has 0 fully saturated rings. The topological polar surface area (TPSA) is 353 Å². The van der Waals surface area contributed by atoms with Crippen LogP contribution in [0.4, 0.5) is 19.2 Å². The monoisotopic (exact) mass is 1740 g/mol.